The van der Waals surface area contributed by atoms with Crippen molar-refractivity contribution in [3.63, 3.8) is 0 Å². The maximum absolute atomic E-state index is 13.9. The standard InChI is InChI=1S/C35H55N7O4S.3ClH/c1-6-7-20-41-33(43)32(24-28-11-9-8-10-12-28)37-34(44)35(41)17-21-40(22-18-35)25-31-26(2)38-42(27(31)3)29-13-15-30(16-14-29)47(45,46)36-19-23-39(4)5;;;/h13-16,28,32,36H,6-12,17-25H2,1-5H3,(H,37,44);3*1H/t32-;;;/m0.../s1. The Balaban J connectivity index is 0.00000289. The molecule has 2 aliphatic heterocycles. The molecule has 284 valence electrons. The van der Waals surface area contributed by atoms with Crippen LogP contribution in [-0.2, 0) is 26.2 Å². The van der Waals surface area contributed by atoms with E-state index in [0.717, 1.165) is 54.7 Å². The Kier molecular flexibility index (Phi) is 17.0. The lowest BCUT2D eigenvalue weighted by Crippen LogP contribution is -2.73. The van der Waals surface area contributed by atoms with Gasteiger partial charge >= 0.3 is 0 Å². The SMILES string of the molecule is CCCCN1C(=O)[C@H](CC2CCCCC2)NC(=O)C12CCN(Cc1c(C)nn(-c3ccc(S(=O)(=O)NCCN(C)C)cc3)c1C)CC2.Cl.Cl.Cl. The second kappa shape index (κ2) is 19.2. The van der Waals surface area contributed by atoms with E-state index in [0.29, 0.717) is 58.0 Å². The zero-order chi connectivity index (χ0) is 33.8. The van der Waals surface area contributed by atoms with Crippen LogP contribution >= 0.6 is 37.2 Å². The molecule has 5 rings (SSSR count). The van der Waals surface area contributed by atoms with Gasteiger partial charge in [-0.25, -0.2) is 17.8 Å². The van der Waals surface area contributed by atoms with Crippen LogP contribution in [0, 0.1) is 19.8 Å². The highest BCUT2D eigenvalue weighted by Crippen LogP contribution is 2.36. The molecule has 1 aliphatic carbocycles. The van der Waals surface area contributed by atoms with E-state index in [4.69, 9.17) is 5.10 Å². The van der Waals surface area contributed by atoms with Crippen LogP contribution in [0.2, 0.25) is 0 Å². The van der Waals surface area contributed by atoms with E-state index in [9.17, 15) is 18.0 Å². The number of carbonyl (C=O) groups is 2. The van der Waals surface area contributed by atoms with Crippen LogP contribution in [0.4, 0.5) is 0 Å². The van der Waals surface area contributed by atoms with Gasteiger partial charge in [0.2, 0.25) is 21.8 Å². The van der Waals surface area contributed by atoms with Crippen molar-refractivity contribution in [1.82, 2.24) is 34.5 Å². The summed E-state index contributed by atoms with van der Waals surface area (Å²) in [7, 11) is 0.213. The molecule has 1 aromatic carbocycles. The third-order valence-electron chi connectivity index (χ3n) is 10.6. The van der Waals surface area contributed by atoms with Crippen LogP contribution in [0.5, 0.6) is 0 Å². The topological polar surface area (TPSA) is 120 Å². The summed E-state index contributed by atoms with van der Waals surface area (Å²) in [6.07, 6.45) is 9.93. The number of likely N-dealkylation sites (tertiary alicyclic amines) is 1. The summed E-state index contributed by atoms with van der Waals surface area (Å²) in [6.45, 7) is 9.91. The van der Waals surface area contributed by atoms with E-state index in [-0.39, 0.29) is 53.9 Å². The molecule has 15 heteroatoms. The number of aryl methyl sites for hydroxylation is 1. The van der Waals surface area contributed by atoms with Crippen LogP contribution < -0.4 is 10.0 Å². The fourth-order valence-corrected chi connectivity index (χ4v) is 8.66. The molecule has 2 aromatic rings. The second-order valence-electron chi connectivity index (χ2n) is 14.2. The molecule has 3 aliphatic rings. The molecule has 0 unspecified atom stereocenters. The molecule has 2 saturated heterocycles. The van der Waals surface area contributed by atoms with Crippen molar-refractivity contribution in [2.75, 3.05) is 46.8 Å². The Morgan fingerprint density at radius 3 is 2.24 bits per heavy atom. The molecular weight excluding hydrogens is 721 g/mol. The molecule has 1 atom stereocenters. The number of piperidine rings is 1. The first-order valence-electron chi connectivity index (χ1n) is 17.6. The van der Waals surface area contributed by atoms with Gasteiger partial charge in [-0.05, 0) is 83.8 Å². The average molecular weight is 779 g/mol. The van der Waals surface area contributed by atoms with Crippen molar-refractivity contribution in [2.45, 2.75) is 108 Å². The lowest BCUT2D eigenvalue weighted by Gasteiger charge is -2.52. The van der Waals surface area contributed by atoms with Crippen LogP contribution in [0.15, 0.2) is 29.2 Å². The van der Waals surface area contributed by atoms with E-state index >= 15 is 0 Å². The third-order valence-corrected chi connectivity index (χ3v) is 12.1. The predicted molar refractivity (Wildman–Crippen MR) is 206 cm³/mol. The van der Waals surface area contributed by atoms with Crippen molar-refractivity contribution in [1.29, 1.82) is 0 Å². The Bertz CT molecular complexity index is 1510. The number of carbonyl (C=O) groups excluding carboxylic acids is 2. The van der Waals surface area contributed by atoms with Gasteiger partial charge in [-0.1, -0.05) is 45.4 Å². The number of halogens is 3. The minimum absolute atomic E-state index is 0. The maximum atomic E-state index is 13.9. The number of rotatable bonds is 13. The van der Waals surface area contributed by atoms with Crippen molar-refractivity contribution >= 4 is 59.1 Å². The van der Waals surface area contributed by atoms with Gasteiger partial charge in [-0.15, -0.1) is 37.2 Å². The minimum atomic E-state index is -3.59. The molecule has 1 aromatic heterocycles. The second-order valence-corrected chi connectivity index (χ2v) is 15.9. The number of benzene rings is 1. The molecule has 2 N–H and O–H groups in total. The summed E-state index contributed by atoms with van der Waals surface area (Å²) in [4.78, 5) is 34.3. The number of piperazine rings is 1. The monoisotopic (exact) mass is 777 g/mol. The quantitative estimate of drug-likeness (QED) is 0.293. The Morgan fingerprint density at radius 1 is 1.00 bits per heavy atom. The first kappa shape index (κ1) is 44.2. The fraction of sp³-hybridized carbons (Fsp3) is 0.686. The number of sulfonamides is 1. The van der Waals surface area contributed by atoms with Gasteiger partial charge in [-0.2, -0.15) is 5.10 Å². The lowest BCUT2D eigenvalue weighted by atomic mass is 9.79. The molecule has 50 heavy (non-hydrogen) atoms. The summed E-state index contributed by atoms with van der Waals surface area (Å²) in [6, 6.07) is 6.43. The summed E-state index contributed by atoms with van der Waals surface area (Å²) in [5.74, 6) is 0.677. The fourth-order valence-electron chi connectivity index (χ4n) is 7.64. The third kappa shape index (κ3) is 9.93. The van der Waals surface area contributed by atoms with Crippen LogP contribution in [0.1, 0.15) is 88.1 Å². The molecule has 11 nitrogen and oxygen atoms in total. The molecule has 1 saturated carbocycles. The number of aromatic nitrogens is 2. The molecule has 0 radical (unpaired) electrons. The zero-order valence-corrected chi connectivity index (χ0v) is 33.5. The molecule has 2 amide bonds. The predicted octanol–water partition coefficient (Wildman–Crippen LogP) is 5.03. The van der Waals surface area contributed by atoms with Crippen LogP contribution in [0.25, 0.3) is 5.69 Å². The highest BCUT2D eigenvalue weighted by Gasteiger charge is 2.53. The first-order chi connectivity index (χ1) is 22.4. The first-order valence-corrected chi connectivity index (χ1v) is 19.1. The van der Waals surface area contributed by atoms with Gasteiger partial charge in [0.15, 0.2) is 0 Å². The summed E-state index contributed by atoms with van der Waals surface area (Å²) >= 11 is 0. The van der Waals surface area contributed by atoms with Crippen molar-refractivity contribution < 1.29 is 18.0 Å². The van der Waals surface area contributed by atoms with Crippen LogP contribution in [-0.4, -0.2) is 103 Å². The summed E-state index contributed by atoms with van der Waals surface area (Å²) < 4.78 is 30.0. The number of unbranched alkanes of at least 4 members (excludes halogenated alkanes) is 1. The Labute approximate surface area is 317 Å². The lowest BCUT2D eigenvalue weighted by molar-refractivity contribution is -0.162. The number of nitrogens with one attached hydrogen (secondary N) is 2. The van der Waals surface area contributed by atoms with E-state index in [1.165, 1.54) is 19.3 Å². The average Bonchev–Trinajstić information content (AvgIpc) is 3.33. The van der Waals surface area contributed by atoms with Gasteiger partial charge in [0, 0.05) is 50.5 Å². The number of amides is 2. The van der Waals surface area contributed by atoms with Crippen molar-refractivity contribution in [2.24, 2.45) is 5.92 Å². The van der Waals surface area contributed by atoms with Gasteiger partial charge in [-0.3, -0.25) is 14.5 Å². The van der Waals surface area contributed by atoms with Crippen molar-refractivity contribution in [3.8, 4) is 5.69 Å². The van der Waals surface area contributed by atoms with Gasteiger partial charge in [0.25, 0.3) is 0 Å². The van der Waals surface area contributed by atoms with Crippen LogP contribution in [0.3, 0.4) is 0 Å². The number of hydrogen-bond acceptors (Lipinski definition) is 7. The van der Waals surface area contributed by atoms with Gasteiger partial charge in [0.1, 0.15) is 11.6 Å². The van der Waals surface area contributed by atoms with E-state index in [2.05, 4.69) is 21.9 Å². The van der Waals surface area contributed by atoms with Crippen molar-refractivity contribution in [3.05, 3.63) is 41.2 Å². The number of nitrogens with zero attached hydrogens (tertiary/aromatic N) is 5. The molecule has 3 fully saturated rings. The van der Waals surface area contributed by atoms with Gasteiger partial charge in [0.05, 0.1) is 16.3 Å². The van der Waals surface area contributed by atoms with E-state index < -0.39 is 21.6 Å². The summed E-state index contributed by atoms with van der Waals surface area (Å²) in [5.41, 5.74) is 3.08. The van der Waals surface area contributed by atoms with Gasteiger partial charge < -0.3 is 15.1 Å². The molecule has 3 heterocycles. The van der Waals surface area contributed by atoms with E-state index in [1.54, 1.807) is 24.3 Å². The molecule has 1 spiro atoms. The Morgan fingerprint density at radius 2 is 1.64 bits per heavy atom. The zero-order valence-electron chi connectivity index (χ0n) is 30.3. The maximum Gasteiger partial charge on any atom is 0.246 e. The van der Waals surface area contributed by atoms with E-state index in [1.807, 2.05) is 42.4 Å². The largest absolute Gasteiger partial charge is 0.342 e. The highest BCUT2D eigenvalue weighted by molar-refractivity contribution is 7.89. The minimum Gasteiger partial charge on any atom is -0.342 e. The molecular formula is C35H58Cl3N7O4S. The normalized spacial score (nSPS) is 19.9. The Hall–Kier alpha value is -1.93. The number of hydrogen-bond donors (Lipinski definition) is 2. The summed E-state index contributed by atoms with van der Waals surface area (Å²) in [5, 5.41) is 8.02. The smallest absolute Gasteiger partial charge is 0.246 e. The molecule has 0 bridgehead atoms. The highest BCUT2D eigenvalue weighted by atomic mass is 35.5. The number of likely N-dealkylation sites (N-methyl/N-ethyl adjacent to an activating group) is 1.